The quantitative estimate of drug-likeness (QED) is 0.00760. The molecule has 114 heavy (non-hydrogen) atoms. The van der Waals surface area contributed by atoms with Gasteiger partial charge in [-0.15, -0.1) is 0 Å². The summed E-state index contributed by atoms with van der Waals surface area (Å²) in [5.41, 5.74) is 3.92. The van der Waals surface area contributed by atoms with Crippen LogP contribution < -0.4 is 59.2 Å². The van der Waals surface area contributed by atoms with Crippen LogP contribution in [0.4, 0.5) is 0 Å². The summed E-state index contributed by atoms with van der Waals surface area (Å²) in [6.07, 6.45) is 1.58. The van der Waals surface area contributed by atoms with E-state index in [4.69, 9.17) is 37.9 Å². The number of ether oxygens (including phenoxy) is 8. The second kappa shape index (κ2) is 33.4. The molecule has 0 unspecified atom stereocenters. The number of para-hydroxylation sites is 4. The number of nitrogens with zero attached hydrogens (tertiary/aromatic N) is 2. The Morgan fingerprint density at radius 2 is 0.535 bits per heavy atom. The van der Waals surface area contributed by atoms with E-state index in [1.807, 2.05) is 0 Å². The number of rotatable bonds is 32. The van der Waals surface area contributed by atoms with Gasteiger partial charge in [-0.2, -0.15) is 0 Å². The van der Waals surface area contributed by atoms with Crippen LogP contribution in [-0.2, 0) is 54.5 Å². The third-order valence-corrected chi connectivity index (χ3v) is 19.2. The van der Waals surface area contributed by atoms with Crippen molar-refractivity contribution in [2.45, 2.75) is 53.4 Å². The Morgan fingerprint density at radius 3 is 0.754 bits per heavy atom. The molecular formula is C90H78N6O18. The second-order valence-electron chi connectivity index (χ2n) is 27.5. The summed E-state index contributed by atoms with van der Waals surface area (Å²) < 4.78 is 51.3. The van der Waals surface area contributed by atoms with Gasteiger partial charge in [-0.25, -0.2) is 9.59 Å². The van der Waals surface area contributed by atoms with Crippen LogP contribution in [0.15, 0.2) is 218 Å². The lowest BCUT2D eigenvalue weighted by atomic mass is 9.80. The van der Waals surface area contributed by atoms with Gasteiger partial charge < -0.3 is 59.2 Å². The van der Waals surface area contributed by atoms with E-state index < -0.39 is 48.7 Å². The van der Waals surface area contributed by atoms with Crippen LogP contribution in [0.3, 0.4) is 0 Å². The minimum atomic E-state index is -1.01. The monoisotopic (exact) mass is 1530 g/mol. The van der Waals surface area contributed by atoms with E-state index in [1.165, 1.54) is 50.6 Å². The predicted molar refractivity (Wildman–Crippen MR) is 428 cm³/mol. The molecule has 0 atom stereocenters. The van der Waals surface area contributed by atoms with Crippen molar-refractivity contribution in [3.63, 3.8) is 0 Å². The maximum Gasteiger partial charge on any atom is 0.331 e. The Balaban J connectivity index is 1.11. The topological polar surface area (TPSA) is 299 Å². The molecule has 0 aromatic heterocycles. The smallest absolute Gasteiger partial charge is 0.331 e. The minimum absolute atomic E-state index is 0.00977. The third kappa shape index (κ3) is 16.4. The maximum absolute atomic E-state index is 16.0. The normalized spacial score (nSPS) is 12.2. The van der Waals surface area contributed by atoms with Crippen molar-refractivity contribution in [3.05, 3.63) is 263 Å². The van der Waals surface area contributed by atoms with Gasteiger partial charge in [0.2, 0.25) is 23.6 Å². The Morgan fingerprint density at radius 1 is 0.307 bits per heavy atom. The van der Waals surface area contributed by atoms with Crippen molar-refractivity contribution in [1.82, 2.24) is 31.1 Å². The standard InChI is InChI=1S/C90H78N6O18/c1-49(2)83(99)91-39-35-53-19-27-57(28-20-53)109-69-43-61-75-62(88(104)95(87(61)103)47-73(97)113-67-17-13-11-15-65(67)107-9)45-71(111-59-31-23-55(24-32-59)37-41-93-85(101)51(5)6)79-80-72(112-60-33-25-56(26-34-60)38-42-94-86(102)52(7)8)46-64-76-63(89(105)96(90(64)106)48-74(98)114-68-18-14-12-16-66(68)108-10)44-70(78(82(76)80)77(69)81(75)79)110-58-29-21-54(22-30-58)36-40-92-84(100)50(3)4/h11-34,43-46H,1,3,5,7,35-42,47-48H2,2,4,6,8-10H3,(H,91,99)(H,92,100)(H,93,101)(H,94,102). The average Bonchev–Trinajstić information content (AvgIpc) is 0.671. The Bertz CT molecular complexity index is 5190. The number of hydrogen-bond donors (Lipinski definition) is 4. The summed E-state index contributed by atoms with van der Waals surface area (Å²) in [5.74, 6) is -6.15. The highest BCUT2D eigenvalue weighted by Crippen LogP contribution is 2.58. The summed E-state index contributed by atoms with van der Waals surface area (Å²) >= 11 is 0. The molecule has 0 saturated carbocycles. The first kappa shape index (κ1) is 77.7. The SMILES string of the molecule is C=C(C)C(=O)NCCc1ccc(Oc2cc3c4c(cc(Oc5ccc(CCNC(=O)C(=C)C)cc5)c5c6c(Oc7ccc(CCNC(=O)C(=C)C)cc7)cc7c8c(cc(Oc9ccc(CCNC(=O)C(=C)C)cc9)c(c2c45)c86)C(=O)N(CC(=O)Oc2ccccc2OC)C7=O)C(=O)N(CC(=O)Oc2ccccc2OC)C3=O)cc1. The van der Waals surface area contributed by atoms with Crippen LogP contribution in [0.5, 0.6) is 69.0 Å². The molecule has 24 nitrogen and oxygen atoms in total. The largest absolute Gasteiger partial charge is 0.493 e. The summed E-state index contributed by atoms with van der Waals surface area (Å²) in [6, 6.07) is 46.2. The van der Waals surface area contributed by atoms with Gasteiger partial charge >= 0.3 is 11.9 Å². The molecule has 2 aliphatic rings. The molecule has 11 aromatic carbocycles. The summed E-state index contributed by atoms with van der Waals surface area (Å²) in [7, 11) is 2.78. The van der Waals surface area contributed by atoms with Crippen LogP contribution in [0.2, 0.25) is 0 Å². The number of benzene rings is 11. The number of methoxy groups -OCH3 is 2. The first-order chi connectivity index (χ1) is 54.9. The first-order valence-corrected chi connectivity index (χ1v) is 36.4. The molecule has 0 radical (unpaired) electrons. The zero-order valence-electron chi connectivity index (χ0n) is 63.3. The van der Waals surface area contributed by atoms with Gasteiger partial charge in [-0.1, -0.05) is 99.1 Å². The van der Waals surface area contributed by atoms with E-state index in [-0.39, 0.29) is 184 Å². The number of fused-ring (bicyclic) bond motifs is 2. The Labute approximate surface area is 654 Å². The van der Waals surface area contributed by atoms with Crippen LogP contribution in [-0.4, -0.2) is 122 Å². The number of amides is 8. The second-order valence-corrected chi connectivity index (χ2v) is 27.5. The van der Waals surface area contributed by atoms with Crippen molar-refractivity contribution in [2.24, 2.45) is 0 Å². The molecule has 11 aromatic rings. The van der Waals surface area contributed by atoms with Gasteiger partial charge in [0.25, 0.3) is 23.6 Å². The molecule has 0 bridgehead atoms. The van der Waals surface area contributed by atoms with Crippen LogP contribution in [0, 0.1) is 0 Å². The highest BCUT2D eigenvalue weighted by atomic mass is 16.6. The van der Waals surface area contributed by atoms with Gasteiger partial charge in [-0.05, 0) is 173 Å². The molecule has 576 valence electrons. The summed E-state index contributed by atoms with van der Waals surface area (Å²) in [5, 5.41) is 12.3. The van der Waals surface area contributed by atoms with Gasteiger partial charge in [-0.3, -0.25) is 48.2 Å². The highest BCUT2D eigenvalue weighted by Gasteiger charge is 2.43. The lowest BCUT2D eigenvalue weighted by Crippen LogP contribution is -2.44. The van der Waals surface area contributed by atoms with E-state index in [0.29, 0.717) is 48.0 Å². The Hall–Kier alpha value is -14.4. The third-order valence-electron chi connectivity index (χ3n) is 19.2. The molecule has 0 fully saturated rings. The molecule has 0 saturated heterocycles. The van der Waals surface area contributed by atoms with Gasteiger partial charge in [0.1, 0.15) is 59.1 Å². The lowest BCUT2D eigenvalue weighted by molar-refractivity contribution is -0.135. The molecule has 8 amide bonds. The molecule has 13 rings (SSSR count). The predicted octanol–water partition coefficient (Wildman–Crippen LogP) is 14.3. The molecule has 4 N–H and O–H groups in total. The van der Waals surface area contributed by atoms with E-state index in [9.17, 15) is 28.8 Å². The van der Waals surface area contributed by atoms with Crippen molar-refractivity contribution in [3.8, 4) is 69.0 Å². The summed E-state index contributed by atoms with van der Waals surface area (Å²) in [6.45, 7) is 20.6. The molecule has 24 heteroatoms. The first-order valence-electron chi connectivity index (χ1n) is 36.4. The average molecular weight is 1530 g/mol. The lowest BCUT2D eigenvalue weighted by Gasteiger charge is -2.32. The maximum atomic E-state index is 16.0. The zero-order chi connectivity index (χ0) is 80.8. The van der Waals surface area contributed by atoms with Crippen molar-refractivity contribution >= 4 is 102 Å². The van der Waals surface area contributed by atoms with Gasteiger partial charge in [0, 0.05) is 91.6 Å². The van der Waals surface area contributed by atoms with Crippen LogP contribution in [0.1, 0.15) is 91.4 Å². The van der Waals surface area contributed by atoms with Crippen LogP contribution >= 0.6 is 0 Å². The highest BCUT2D eigenvalue weighted by molar-refractivity contribution is 6.45. The fourth-order valence-corrected chi connectivity index (χ4v) is 13.5. The van der Waals surface area contributed by atoms with Crippen molar-refractivity contribution < 1.29 is 85.8 Å². The fourth-order valence-electron chi connectivity index (χ4n) is 13.5. The number of carbonyl (C=O) groups is 10. The molecular weight excluding hydrogens is 1450 g/mol. The zero-order valence-corrected chi connectivity index (χ0v) is 63.3. The van der Waals surface area contributed by atoms with Gasteiger partial charge in [0.05, 0.1) is 36.5 Å². The number of carbonyl (C=O) groups excluding carboxylic acids is 10. The molecule has 2 heterocycles. The molecule has 0 spiro atoms. The number of imide groups is 2. The van der Waals surface area contributed by atoms with Gasteiger partial charge in [0.15, 0.2) is 23.0 Å². The van der Waals surface area contributed by atoms with Crippen molar-refractivity contribution in [1.29, 1.82) is 0 Å². The van der Waals surface area contributed by atoms with E-state index >= 15 is 19.2 Å². The summed E-state index contributed by atoms with van der Waals surface area (Å²) in [4.78, 5) is 144. The van der Waals surface area contributed by atoms with Crippen LogP contribution in [0.25, 0.3) is 43.1 Å². The number of hydrogen-bond acceptors (Lipinski definition) is 18. The van der Waals surface area contributed by atoms with E-state index in [1.54, 1.807) is 161 Å². The molecule has 2 aliphatic heterocycles. The number of esters is 2. The Kier molecular flexibility index (Phi) is 22.8. The fraction of sp³-hybridized carbons (Fsp3) is 0.178. The van der Waals surface area contributed by atoms with E-state index in [0.717, 1.165) is 32.1 Å². The number of nitrogens with one attached hydrogen (secondary N) is 4. The minimum Gasteiger partial charge on any atom is -0.493 e. The van der Waals surface area contributed by atoms with Crippen molar-refractivity contribution in [2.75, 3.05) is 53.5 Å². The van der Waals surface area contributed by atoms with E-state index in [2.05, 4.69) is 47.6 Å². The molecule has 0 aliphatic carbocycles.